The van der Waals surface area contributed by atoms with E-state index in [1.54, 1.807) is 0 Å². The highest BCUT2D eigenvalue weighted by Gasteiger charge is 2.19. The predicted molar refractivity (Wildman–Crippen MR) is 57.9 cm³/mol. The molecule has 0 aliphatic carbocycles. The van der Waals surface area contributed by atoms with Crippen molar-refractivity contribution >= 4 is 0 Å². The van der Waals surface area contributed by atoms with Crippen molar-refractivity contribution in [2.24, 2.45) is 5.41 Å². The van der Waals surface area contributed by atoms with Gasteiger partial charge in [-0.2, -0.15) is 0 Å². The lowest BCUT2D eigenvalue weighted by molar-refractivity contribution is 0.321. The van der Waals surface area contributed by atoms with Crippen LogP contribution in [0.1, 0.15) is 40.3 Å². The Balaban J connectivity index is 2.79. The average molecular weight is 194 g/mol. The molecule has 0 saturated heterocycles. The monoisotopic (exact) mass is 194 g/mol. The average Bonchev–Trinajstić information content (AvgIpc) is 2.29. The molecule has 0 fully saturated rings. The van der Waals surface area contributed by atoms with E-state index in [2.05, 4.69) is 38.0 Å². The van der Waals surface area contributed by atoms with Crippen molar-refractivity contribution in [2.75, 3.05) is 0 Å². The van der Waals surface area contributed by atoms with Crippen molar-refractivity contribution in [3.8, 4) is 0 Å². The minimum atomic E-state index is -0.157. The van der Waals surface area contributed by atoms with Crippen LogP contribution in [0.2, 0.25) is 0 Å². The smallest absolute Gasteiger partial charge is 0.0883 e. The highest BCUT2D eigenvalue weighted by Crippen LogP contribution is 2.20. The van der Waals surface area contributed by atoms with Crippen molar-refractivity contribution in [2.45, 2.75) is 46.6 Å². The minimum Gasteiger partial charge on any atom is -0.252 e. The van der Waals surface area contributed by atoms with Gasteiger partial charge in [0.2, 0.25) is 0 Å². The SMILES string of the molecule is [CH2]C(C)(C)c1cn(CC(C)(C)C)nn1. The lowest BCUT2D eigenvalue weighted by atomic mass is 9.93. The van der Waals surface area contributed by atoms with E-state index < -0.39 is 0 Å². The van der Waals surface area contributed by atoms with Crippen molar-refractivity contribution < 1.29 is 0 Å². The maximum atomic E-state index is 4.12. The molecule has 0 bridgehead atoms. The van der Waals surface area contributed by atoms with Gasteiger partial charge >= 0.3 is 0 Å². The van der Waals surface area contributed by atoms with Crippen LogP contribution in [0.15, 0.2) is 6.20 Å². The van der Waals surface area contributed by atoms with Gasteiger partial charge in [-0.3, -0.25) is 4.68 Å². The summed E-state index contributed by atoms with van der Waals surface area (Å²) < 4.78 is 1.89. The summed E-state index contributed by atoms with van der Waals surface area (Å²) >= 11 is 0. The van der Waals surface area contributed by atoms with Crippen molar-refractivity contribution in [1.82, 2.24) is 15.0 Å². The molecule has 0 aliphatic heterocycles. The first-order valence-corrected chi connectivity index (χ1v) is 4.94. The predicted octanol–water partition coefficient (Wildman–Crippen LogP) is 2.44. The summed E-state index contributed by atoms with van der Waals surface area (Å²) in [5.41, 5.74) is 1.02. The molecular formula is C11H20N3. The van der Waals surface area contributed by atoms with Crippen LogP contribution in [0, 0.1) is 12.3 Å². The van der Waals surface area contributed by atoms with Gasteiger partial charge in [0.05, 0.1) is 5.69 Å². The summed E-state index contributed by atoms with van der Waals surface area (Å²) in [6.45, 7) is 15.6. The molecular weight excluding hydrogens is 174 g/mol. The van der Waals surface area contributed by atoms with Crippen molar-refractivity contribution in [3.63, 3.8) is 0 Å². The van der Waals surface area contributed by atoms with E-state index in [0.717, 1.165) is 12.2 Å². The van der Waals surface area contributed by atoms with Gasteiger partial charge in [0.1, 0.15) is 0 Å². The molecule has 79 valence electrons. The molecule has 0 spiro atoms. The second kappa shape index (κ2) is 3.37. The third-order valence-corrected chi connectivity index (χ3v) is 1.87. The molecule has 3 heteroatoms. The topological polar surface area (TPSA) is 30.7 Å². The zero-order chi connectivity index (χ0) is 11.0. The lowest BCUT2D eigenvalue weighted by Gasteiger charge is -2.17. The van der Waals surface area contributed by atoms with Crippen LogP contribution in [-0.2, 0) is 12.0 Å². The minimum absolute atomic E-state index is 0.157. The first-order chi connectivity index (χ1) is 6.18. The normalized spacial score (nSPS) is 13.3. The fourth-order valence-corrected chi connectivity index (χ4v) is 1.17. The highest BCUT2D eigenvalue weighted by molar-refractivity contribution is 5.10. The molecule has 1 aromatic heterocycles. The number of aromatic nitrogens is 3. The molecule has 14 heavy (non-hydrogen) atoms. The molecule has 1 rings (SSSR count). The van der Waals surface area contributed by atoms with Crippen LogP contribution in [0.5, 0.6) is 0 Å². The van der Waals surface area contributed by atoms with E-state index >= 15 is 0 Å². The van der Waals surface area contributed by atoms with Crippen molar-refractivity contribution in [1.29, 1.82) is 0 Å². The van der Waals surface area contributed by atoms with Gasteiger partial charge in [0, 0.05) is 18.2 Å². The second-order valence-electron chi connectivity index (χ2n) is 5.75. The molecule has 3 nitrogen and oxygen atoms in total. The van der Waals surface area contributed by atoms with Crippen LogP contribution in [-0.4, -0.2) is 15.0 Å². The molecule has 0 N–H and O–H groups in total. The maximum Gasteiger partial charge on any atom is 0.0883 e. The fraction of sp³-hybridized carbons (Fsp3) is 0.727. The maximum absolute atomic E-state index is 4.12. The summed E-state index contributed by atoms with van der Waals surface area (Å²) in [5.74, 6) is 0. The van der Waals surface area contributed by atoms with Crippen LogP contribution >= 0.6 is 0 Å². The summed E-state index contributed by atoms with van der Waals surface area (Å²) in [6.07, 6.45) is 1.98. The Hall–Kier alpha value is -0.860. The summed E-state index contributed by atoms with van der Waals surface area (Å²) in [5, 5.41) is 8.22. The first-order valence-electron chi connectivity index (χ1n) is 4.94. The highest BCUT2D eigenvalue weighted by atomic mass is 15.4. The molecule has 0 amide bonds. The molecule has 0 aliphatic rings. The Labute approximate surface area is 86.5 Å². The molecule has 1 aromatic rings. The van der Waals surface area contributed by atoms with Gasteiger partial charge in [-0.1, -0.05) is 39.8 Å². The summed E-state index contributed by atoms with van der Waals surface area (Å²) in [4.78, 5) is 0. The zero-order valence-electron chi connectivity index (χ0n) is 9.83. The Bertz CT molecular complexity index is 299. The molecule has 1 heterocycles. The van der Waals surface area contributed by atoms with Gasteiger partial charge in [-0.25, -0.2) is 0 Å². The van der Waals surface area contributed by atoms with Crippen molar-refractivity contribution in [3.05, 3.63) is 18.8 Å². The standard InChI is InChI=1S/C11H20N3/c1-10(2,3)8-14-7-9(12-13-14)11(4,5)6/h7H,4,8H2,1-3,5-6H3. The van der Waals surface area contributed by atoms with Gasteiger partial charge in [-0.15, -0.1) is 5.10 Å². The Morgan fingerprint density at radius 1 is 1.29 bits per heavy atom. The third-order valence-electron chi connectivity index (χ3n) is 1.87. The lowest BCUT2D eigenvalue weighted by Crippen LogP contribution is -2.16. The van der Waals surface area contributed by atoms with E-state index in [1.165, 1.54) is 0 Å². The van der Waals surface area contributed by atoms with Gasteiger partial charge in [0.25, 0.3) is 0 Å². The zero-order valence-corrected chi connectivity index (χ0v) is 9.83. The van der Waals surface area contributed by atoms with Gasteiger partial charge in [-0.05, 0) is 12.3 Å². The number of hydrogen-bond acceptors (Lipinski definition) is 2. The quantitative estimate of drug-likeness (QED) is 0.724. The van der Waals surface area contributed by atoms with E-state index in [0.29, 0.717) is 0 Å². The molecule has 0 atom stereocenters. The molecule has 1 radical (unpaired) electrons. The van der Waals surface area contributed by atoms with E-state index in [-0.39, 0.29) is 10.8 Å². The van der Waals surface area contributed by atoms with Gasteiger partial charge in [0.15, 0.2) is 0 Å². The van der Waals surface area contributed by atoms with Crippen LogP contribution in [0.4, 0.5) is 0 Å². The summed E-state index contributed by atoms with van der Waals surface area (Å²) in [6, 6.07) is 0. The van der Waals surface area contributed by atoms with Crippen LogP contribution < -0.4 is 0 Å². The first kappa shape index (κ1) is 11.2. The van der Waals surface area contributed by atoms with Gasteiger partial charge < -0.3 is 0 Å². The molecule has 0 saturated carbocycles. The Kier molecular flexibility index (Phi) is 2.70. The van der Waals surface area contributed by atoms with E-state index in [1.807, 2.05) is 24.7 Å². The molecule has 0 aromatic carbocycles. The third kappa shape index (κ3) is 3.13. The van der Waals surface area contributed by atoms with E-state index in [9.17, 15) is 0 Å². The summed E-state index contributed by atoms with van der Waals surface area (Å²) in [7, 11) is 0. The Morgan fingerprint density at radius 3 is 2.21 bits per heavy atom. The van der Waals surface area contributed by atoms with Crippen LogP contribution in [0.3, 0.4) is 0 Å². The number of hydrogen-bond donors (Lipinski definition) is 0. The second-order valence-corrected chi connectivity index (χ2v) is 5.75. The number of rotatable bonds is 2. The largest absolute Gasteiger partial charge is 0.252 e. The number of nitrogens with zero attached hydrogens (tertiary/aromatic N) is 3. The fourth-order valence-electron chi connectivity index (χ4n) is 1.17. The van der Waals surface area contributed by atoms with Crippen LogP contribution in [0.25, 0.3) is 0 Å². The molecule has 0 unspecified atom stereocenters. The Morgan fingerprint density at radius 2 is 1.86 bits per heavy atom. The van der Waals surface area contributed by atoms with E-state index in [4.69, 9.17) is 0 Å².